The Labute approximate surface area is 356 Å². The summed E-state index contributed by atoms with van der Waals surface area (Å²) in [4.78, 5) is 25.9. The third kappa shape index (κ3) is 8.69. The number of rotatable bonds is 16. The van der Waals surface area contributed by atoms with Crippen LogP contribution in [0.15, 0.2) is 83.8 Å². The highest BCUT2D eigenvalue weighted by molar-refractivity contribution is 7.98. The Kier molecular flexibility index (Phi) is 12.6. The summed E-state index contributed by atoms with van der Waals surface area (Å²) in [5.74, 6) is 1.38. The minimum absolute atomic E-state index is 0.144. The number of aromatic nitrogens is 5. The maximum absolute atomic E-state index is 13.2. The van der Waals surface area contributed by atoms with Crippen molar-refractivity contribution >= 4 is 68.7 Å². The molecule has 4 aromatic carbocycles. The van der Waals surface area contributed by atoms with Gasteiger partial charge in [0.15, 0.2) is 0 Å². The number of thioether (sulfide) groups is 2. The van der Waals surface area contributed by atoms with Crippen LogP contribution in [-0.4, -0.2) is 60.5 Å². The molecule has 0 radical (unpaired) electrons. The maximum atomic E-state index is 13.2. The summed E-state index contributed by atoms with van der Waals surface area (Å²) in [5.41, 5.74) is 7.95. The Bertz CT molecular complexity index is 2680. The van der Waals surface area contributed by atoms with E-state index < -0.39 is 11.9 Å². The molecule has 3 aromatic heterocycles. The van der Waals surface area contributed by atoms with E-state index >= 15 is 0 Å². The largest absolute Gasteiger partial charge is 0.507 e. The standard InChI is InChI=1S/C45H46ClN5O6S2/c1-26(2)51-31(24-59-33-19-29-9-7-8-10-34(29)39(52)21-33)20-30(47-51)23-58-25-38-41(27(3)50(48-38)22-28-11-13-32(56-5)14-12-28)42-37(46)17-15-35-36(16-18-40(53)54)44(45(55)57-6)49(4)43(35)42/h7-15,17,19-21,26,52H,16,18,22-25H2,1-6H3,(H,53,54). The lowest BCUT2D eigenvalue weighted by molar-refractivity contribution is -0.136. The van der Waals surface area contributed by atoms with Crippen LogP contribution in [-0.2, 0) is 46.8 Å². The van der Waals surface area contributed by atoms with Crippen molar-refractivity contribution in [1.29, 1.82) is 0 Å². The predicted molar refractivity (Wildman–Crippen MR) is 236 cm³/mol. The van der Waals surface area contributed by atoms with Crippen molar-refractivity contribution in [1.82, 2.24) is 24.1 Å². The van der Waals surface area contributed by atoms with E-state index in [2.05, 4.69) is 30.7 Å². The van der Waals surface area contributed by atoms with E-state index in [1.807, 2.05) is 72.3 Å². The van der Waals surface area contributed by atoms with Gasteiger partial charge in [-0.3, -0.25) is 14.2 Å². The number of hydrogen-bond acceptors (Lipinski definition) is 9. The average molecular weight is 852 g/mol. The molecule has 11 nitrogen and oxygen atoms in total. The quantitative estimate of drug-likeness (QED) is 0.0715. The van der Waals surface area contributed by atoms with Crippen LogP contribution in [0.4, 0.5) is 0 Å². The molecule has 3 heterocycles. The van der Waals surface area contributed by atoms with Crippen molar-refractivity contribution in [3.05, 3.63) is 123 Å². The molecule has 7 aromatic rings. The second-order valence-corrected chi connectivity index (χ2v) is 17.1. The number of methoxy groups -OCH3 is 2. The molecule has 14 heteroatoms. The second kappa shape index (κ2) is 17.9. The van der Waals surface area contributed by atoms with Crippen LogP contribution in [0.3, 0.4) is 0 Å². The predicted octanol–water partition coefficient (Wildman–Crippen LogP) is 10.2. The number of hydrogen-bond donors (Lipinski definition) is 2. The second-order valence-electron chi connectivity index (χ2n) is 14.6. The summed E-state index contributed by atoms with van der Waals surface area (Å²) in [6.07, 6.45) is -0.00731. The molecular weight excluding hydrogens is 806 g/mol. The van der Waals surface area contributed by atoms with Crippen molar-refractivity contribution in [3.8, 4) is 22.6 Å². The van der Waals surface area contributed by atoms with Gasteiger partial charge >= 0.3 is 11.9 Å². The SMILES string of the molecule is COC(=O)c1c(CCC(=O)O)c2ccc(Cl)c(-c3c(CSCc4cc(CSc5cc(O)c6ccccc6c5)n(C(C)C)n4)nn(Cc4ccc(OC)cc4)c3C)c2n1C. The molecule has 0 saturated carbocycles. The van der Waals surface area contributed by atoms with Gasteiger partial charge < -0.3 is 24.3 Å². The van der Waals surface area contributed by atoms with Gasteiger partial charge in [-0.25, -0.2) is 4.79 Å². The molecule has 0 aliphatic rings. The number of phenols is 1. The van der Waals surface area contributed by atoms with E-state index in [1.54, 1.807) is 48.3 Å². The van der Waals surface area contributed by atoms with Crippen LogP contribution in [0.25, 0.3) is 32.8 Å². The maximum Gasteiger partial charge on any atom is 0.354 e. The first kappa shape index (κ1) is 41.8. The highest BCUT2D eigenvalue weighted by Crippen LogP contribution is 2.43. The number of fused-ring (bicyclic) bond motifs is 2. The Morgan fingerprint density at radius 3 is 2.39 bits per heavy atom. The number of benzene rings is 4. The van der Waals surface area contributed by atoms with E-state index in [0.29, 0.717) is 45.6 Å². The molecule has 306 valence electrons. The van der Waals surface area contributed by atoms with Gasteiger partial charge in [0.25, 0.3) is 0 Å². The third-order valence-electron chi connectivity index (χ3n) is 10.4. The van der Waals surface area contributed by atoms with Gasteiger partial charge in [0.05, 0.1) is 42.7 Å². The minimum Gasteiger partial charge on any atom is -0.507 e. The average Bonchev–Trinajstić information content (AvgIpc) is 3.87. The normalized spacial score (nSPS) is 11.6. The molecule has 0 fully saturated rings. The Balaban J connectivity index is 1.23. The molecule has 0 spiro atoms. The van der Waals surface area contributed by atoms with E-state index in [9.17, 15) is 19.8 Å². The lowest BCUT2D eigenvalue weighted by Gasteiger charge is -2.12. The fourth-order valence-corrected chi connectivity index (χ4v) is 9.67. The van der Waals surface area contributed by atoms with Crippen molar-refractivity contribution in [3.63, 3.8) is 0 Å². The van der Waals surface area contributed by atoms with E-state index in [4.69, 9.17) is 31.3 Å². The fraction of sp³-hybridized carbons (Fsp3) is 0.289. The number of carboxylic acids is 1. The molecule has 0 bridgehead atoms. The number of aromatic hydroxyl groups is 1. The summed E-state index contributed by atoms with van der Waals surface area (Å²) in [6.45, 7) is 6.77. The Morgan fingerprint density at radius 1 is 0.915 bits per heavy atom. The van der Waals surface area contributed by atoms with Gasteiger partial charge in [0.1, 0.15) is 17.2 Å². The number of ether oxygens (including phenoxy) is 2. The number of aryl methyl sites for hydroxylation is 2. The number of esters is 1. The molecule has 0 atom stereocenters. The molecule has 0 aliphatic heterocycles. The number of carboxylic acid groups (broad SMARTS) is 1. The lowest BCUT2D eigenvalue weighted by atomic mass is 9.98. The molecule has 7 rings (SSSR count). The minimum atomic E-state index is -0.962. The van der Waals surface area contributed by atoms with Gasteiger partial charge in [-0.2, -0.15) is 10.2 Å². The number of carbonyl (C=O) groups is 2. The number of carbonyl (C=O) groups excluding carboxylic acids is 1. The topological polar surface area (TPSA) is 134 Å². The molecule has 0 aliphatic carbocycles. The summed E-state index contributed by atoms with van der Waals surface area (Å²) < 4.78 is 16.4. The van der Waals surface area contributed by atoms with Crippen molar-refractivity contribution in [2.45, 2.75) is 68.4 Å². The third-order valence-corrected chi connectivity index (χ3v) is 12.7. The number of nitrogens with zero attached hydrogens (tertiary/aromatic N) is 5. The van der Waals surface area contributed by atoms with Crippen LogP contribution < -0.4 is 4.74 Å². The first-order valence-corrected chi connectivity index (χ1v) is 21.7. The molecular formula is C45H46ClN5O6S2. The highest BCUT2D eigenvalue weighted by Gasteiger charge is 2.28. The Morgan fingerprint density at radius 2 is 1.68 bits per heavy atom. The van der Waals surface area contributed by atoms with Crippen molar-refractivity contribution < 1.29 is 29.3 Å². The van der Waals surface area contributed by atoms with E-state index in [0.717, 1.165) is 66.3 Å². The highest BCUT2D eigenvalue weighted by atomic mass is 35.5. The summed E-state index contributed by atoms with van der Waals surface area (Å²) in [5, 5.41) is 33.5. The monoisotopic (exact) mass is 851 g/mol. The van der Waals surface area contributed by atoms with Gasteiger partial charge in [-0.1, -0.05) is 54.1 Å². The summed E-state index contributed by atoms with van der Waals surface area (Å²) in [6, 6.07) is 25.6. The van der Waals surface area contributed by atoms with Crippen molar-refractivity contribution in [2.24, 2.45) is 7.05 Å². The van der Waals surface area contributed by atoms with Crippen LogP contribution in [0, 0.1) is 6.92 Å². The van der Waals surface area contributed by atoms with Crippen LogP contribution in [0.1, 0.15) is 70.7 Å². The Hall–Kier alpha value is -5.37. The zero-order valence-electron chi connectivity index (χ0n) is 33.8. The van der Waals surface area contributed by atoms with Gasteiger partial charge in [-0.15, -0.1) is 23.5 Å². The number of phenolic OH excluding ortho intramolecular Hbond substituents is 1. The zero-order chi connectivity index (χ0) is 42.0. The molecule has 2 N–H and O–H groups in total. The number of aliphatic carboxylic acids is 1. The van der Waals surface area contributed by atoms with Crippen LogP contribution in [0.2, 0.25) is 5.02 Å². The fourth-order valence-electron chi connectivity index (χ4n) is 7.64. The molecule has 0 saturated heterocycles. The molecule has 0 amide bonds. The van der Waals surface area contributed by atoms with Crippen LogP contribution in [0.5, 0.6) is 11.5 Å². The smallest absolute Gasteiger partial charge is 0.354 e. The van der Waals surface area contributed by atoms with E-state index in [1.165, 1.54) is 7.11 Å². The zero-order valence-corrected chi connectivity index (χ0v) is 36.2. The van der Waals surface area contributed by atoms with Crippen molar-refractivity contribution in [2.75, 3.05) is 14.2 Å². The van der Waals surface area contributed by atoms with E-state index in [-0.39, 0.29) is 24.6 Å². The summed E-state index contributed by atoms with van der Waals surface area (Å²) >= 11 is 10.5. The number of halogens is 1. The summed E-state index contributed by atoms with van der Waals surface area (Å²) in [7, 11) is 4.75. The van der Waals surface area contributed by atoms with Crippen LogP contribution >= 0.6 is 35.1 Å². The van der Waals surface area contributed by atoms with Gasteiger partial charge in [0, 0.05) is 75.0 Å². The molecule has 0 unspecified atom stereocenters. The van der Waals surface area contributed by atoms with Gasteiger partial charge in [0.2, 0.25) is 0 Å². The molecule has 59 heavy (non-hydrogen) atoms. The first-order valence-electron chi connectivity index (χ1n) is 19.2. The lowest BCUT2D eigenvalue weighted by Crippen LogP contribution is -2.11. The first-order chi connectivity index (χ1) is 28.4. The van der Waals surface area contributed by atoms with Gasteiger partial charge in [-0.05, 0) is 80.1 Å².